The number of benzene rings is 1. The second-order valence-corrected chi connectivity index (χ2v) is 8.59. The number of nitrogen functional groups attached to an aromatic ring is 1. The lowest BCUT2D eigenvalue weighted by atomic mass is 10.0. The summed E-state index contributed by atoms with van der Waals surface area (Å²) in [5.74, 6) is -4.54. The zero-order chi connectivity index (χ0) is 27.5. The lowest BCUT2D eigenvalue weighted by Gasteiger charge is -2.16. The van der Waals surface area contributed by atoms with Gasteiger partial charge in [-0.1, -0.05) is 0 Å². The molecule has 0 bridgehead atoms. The van der Waals surface area contributed by atoms with Crippen LogP contribution in [0.5, 0.6) is 0 Å². The smallest absolute Gasteiger partial charge is 0.475 e. The van der Waals surface area contributed by atoms with Crippen LogP contribution in [0.1, 0.15) is 21.5 Å². The zero-order valence-corrected chi connectivity index (χ0v) is 20.5. The number of carboxylic acids is 1. The predicted molar refractivity (Wildman–Crippen MR) is 131 cm³/mol. The van der Waals surface area contributed by atoms with Crippen molar-refractivity contribution in [1.82, 2.24) is 14.4 Å². The molecule has 9 nitrogen and oxygen atoms in total. The minimum Gasteiger partial charge on any atom is -0.475 e. The molecular formula is C22H16F5IN6O3. The summed E-state index contributed by atoms with van der Waals surface area (Å²) < 4.78 is 62.8. The molecule has 4 aromatic rings. The number of carbonyl (C=O) groups excluding carboxylic acids is 1. The van der Waals surface area contributed by atoms with Gasteiger partial charge in [0.25, 0.3) is 5.91 Å². The molecular weight excluding hydrogens is 618 g/mol. The van der Waals surface area contributed by atoms with Crippen molar-refractivity contribution < 1.29 is 36.6 Å². The number of carboxylic acid groups (broad SMARTS) is 1. The van der Waals surface area contributed by atoms with E-state index in [0.29, 0.717) is 16.6 Å². The van der Waals surface area contributed by atoms with E-state index in [-0.39, 0.29) is 29.3 Å². The maximum Gasteiger partial charge on any atom is 0.490 e. The third kappa shape index (κ3) is 6.41. The predicted octanol–water partition coefficient (Wildman–Crippen LogP) is 4.26. The van der Waals surface area contributed by atoms with Crippen molar-refractivity contribution in [3.8, 4) is 0 Å². The Kier molecular flexibility index (Phi) is 8.15. The van der Waals surface area contributed by atoms with Gasteiger partial charge in [-0.2, -0.15) is 13.2 Å². The van der Waals surface area contributed by atoms with Gasteiger partial charge in [0, 0.05) is 16.2 Å². The first-order valence-corrected chi connectivity index (χ1v) is 11.1. The summed E-state index contributed by atoms with van der Waals surface area (Å²) in [5.41, 5.74) is 12.9. The van der Waals surface area contributed by atoms with Crippen LogP contribution in [0.15, 0.2) is 49.1 Å². The number of amides is 1. The van der Waals surface area contributed by atoms with E-state index >= 15 is 0 Å². The standard InChI is InChI=1S/C20H15F2IN6O.C2HF3O2/c21-14-7-12(23)1-2-15(14)28-20-13(19(25)30)6-11(16-8-26-9-29(16)20)5-10-3-4-27-18(24)17(10)22;3-2(4,5)1(6)7/h1-4,6-9,28H,5H2,(H2,24,27)(H2,25,30);(H,6,7). The summed E-state index contributed by atoms with van der Waals surface area (Å²) in [6.07, 6.45) is -0.508. The first-order valence-electron chi connectivity index (χ1n) is 9.98. The second kappa shape index (κ2) is 10.9. The molecule has 1 amide bonds. The Labute approximate surface area is 218 Å². The van der Waals surface area contributed by atoms with Gasteiger partial charge < -0.3 is 21.9 Å². The van der Waals surface area contributed by atoms with Crippen LogP contribution < -0.4 is 16.8 Å². The maximum absolute atomic E-state index is 14.4. The van der Waals surface area contributed by atoms with Crippen LogP contribution in [0.4, 0.5) is 39.3 Å². The van der Waals surface area contributed by atoms with Gasteiger partial charge in [-0.05, 0) is 64.0 Å². The fraction of sp³-hybridized carbons (Fsp3) is 0.0909. The normalized spacial score (nSPS) is 11.1. The van der Waals surface area contributed by atoms with Gasteiger partial charge in [0.1, 0.15) is 18.0 Å². The van der Waals surface area contributed by atoms with Crippen LogP contribution in [0, 0.1) is 15.2 Å². The number of pyridine rings is 2. The maximum atomic E-state index is 14.4. The fourth-order valence-electron chi connectivity index (χ4n) is 3.18. The topological polar surface area (TPSA) is 149 Å². The molecule has 0 saturated heterocycles. The van der Waals surface area contributed by atoms with Crippen LogP contribution >= 0.6 is 22.6 Å². The molecule has 0 saturated carbocycles. The van der Waals surface area contributed by atoms with E-state index in [9.17, 15) is 26.7 Å². The molecule has 0 unspecified atom stereocenters. The number of nitrogens with zero attached hydrogens (tertiary/aromatic N) is 3. The largest absolute Gasteiger partial charge is 0.490 e. The van der Waals surface area contributed by atoms with Crippen LogP contribution in [0.2, 0.25) is 0 Å². The van der Waals surface area contributed by atoms with Crippen molar-refractivity contribution in [1.29, 1.82) is 0 Å². The molecule has 0 spiro atoms. The Morgan fingerprint density at radius 3 is 2.41 bits per heavy atom. The van der Waals surface area contributed by atoms with Gasteiger partial charge in [-0.3, -0.25) is 9.20 Å². The first kappa shape index (κ1) is 27.6. The molecule has 1 aromatic carbocycles. The fourth-order valence-corrected chi connectivity index (χ4v) is 3.63. The minimum absolute atomic E-state index is 0.107. The second-order valence-electron chi connectivity index (χ2n) is 7.34. The molecule has 0 aliphatic carbocycles. The van der Waals surface area contributed by atoms with Gasteiger partial charge in [-0.15, -0.1) is 0 Å². The van der Waals surface area contributed by atoms with Gasteiger partial charge in [0.2, 0.25) is 0 Å². The number of rotatable bonds is 5. The highest BCUT2D eigenvalue weighted by atomic mass is 127. The number of fused-ring (bicyclic) bond motifs is 1. The molecule has 4 rings (SSSR count). The van der Waals surface area contributed by atoms with Crippen LogP contribution in [-0.2, 0) is 11.2 Å². The third-order valence-electron chi connectivity index (χ3n) is 4.85. The molecule has 0 fully saturated rings. The number of imidazole rings is 1. The SMILES string of the molecule is NC(=O)c1cc(Cc2ccnc(N)c2F)c2cncn2c1Nc1ccc(I)cc1F.O=C(O)C(F)(F)F. The number of aliphatic carboxylic acids is 1. The number of aromatic nitrogens is 3. The van der Waals surface area contributed by atoms with Crippen LogP contribution in [-0.4, -0.2) is 37.5 Å². The molecule has 0 aliphatic rings. The molecule has 3 aromatic heterocycles. The molecule has 15 heteroatoms. The molecule has 0 aliphatic heterocycles. The first-order chi connectivity index (χ1) is 17.3. The lowest BCUT2D eigenvalue weighted by Crippen LogP contribution is -2.21. The van der Waals surface area contributed by atoms with Crippen LogP contribution in [0.25, 0.3) is 5.52 Å². The Balaban J connectivity index is 0.000000479. The van der Waals surface area contributed by atoms with E-state index in [2.05, 4.69) is 15.3 Å². The number of primary amides is 1. The summed E-state index contributed by atoms with van der Waals surface area (Å²) in [7, 11) is 0. The van der Waals surface area contributed by atoms with Crippen molar-refractivity contribution in [2.75, 3.05) is 11.1 Å². The molecule has 3 heterocycles. The van der Waals surface area contributed by atoms with Crippen LogP contribution in [0.3, 0.4) is 0 Å². The van der Waals surface area contributed by atoms with Crippen molar-refractivity contribution in [3.63, 3.8) is 0 Å². The third-order valence-corrected chi connectivity index (χ3v) is 5.52. The highest BCUT2D eigenvalue weighted by molar-refractivity contribution is 14.1. The highest BCUT2D eigenvalue weighted by Gasteiger charge is 2.38. The molecule has 0 radical (unpaired) electrons. The number of carbonyl (C=O) groups is 2. The number of alkyl halides is 3. The van der Waals surface area contributed by atoms with E-state index in [1.54, 1.807) is 28.8 Å². The number of nitrogens with two attached hydrogens (primary N) is 2. The number of nitrogens with one attached hydrogen (secondary N) is 1. The molecule has 6 N–H and O–H groups in total. The van der Waals surface area contributed by atoms with Gasteiger partial charge >= 0.3 is 12.1 Å². The minimum atomic E-state index is -5.08. The summed E-state index contributed by atoms with van der Waals surface area (Å²) in [6, 6.07) is 7.71. The Morgan fingerprint density at radius 2 is 1.81 bits per heavy atom. The molecule has 194 valence electrons. The van der Waals surface area contributed by atoms with Crippen molar-refractivity contribution in [2.24, 2.45) is 5.73 Å². The summed E-state index contributed by atoms with van der Waals surface area (Å²) in [5, 5.41) is 10.1. The lowest BCUT2D eigenvalue weighted by molar-refractivity contribution is -0.192. The number of hydrogen-bond acceptors (Lipinski definition) is 6. The van der Waals surface area contributed by atoms with E-state index in [1.165, 1.54) is 24.7 Å². The van der Waals surface area contributed by atoms with E-state index < -0.39 is 29.7 Å². The number of hydrogen-bond donors (Lipinski definition) is 4. The number of halogens is 6. The van der Waals surface area contributed by atoms with E-state index in [1.807, 2.05) is 22.6 Å². The van der Waals surface area contributed by atoms with Crippen molar-refractivity contribution in [2.45, 2.75) is 12.6 Å². The summed E-state index contributed by atoms with van der Waals surface area (Å²) in [4.78, 5) is 28.9. The summed E-state index contributed by atoms with van der Waals surface area (Å²) in [6.45, 7) is 0. The quantitative estimate of drug-likeness (QED) is 0.190. The van der Waals surface area contributed by atoms with Crippen molar-refractivity contribution in [3.05, 3.63) is 80.9 Å². The zero-order valence-electron chi connectivity index (χ0n) is 18.4. The van der Waals surface area contributed by atoms with Gasteiger partial charge in [0.05, 0.1) is 23.0 Å². The van der Waals surface area contributed by atoms with E-state index in [4.69, 9.17) is 21.4 Å². The van der Waals surface area contributed by atoms with E-state index in [0.717, 1.165) is 3.57 Å². The molecule has 0 atom stereocenters. The van der Waals surface area contributed by atoms with Crippen molar-refractivity contribution >= 4 is 57.3 Å². The number of anilines is 3. The highest BCUT2D eigenvalue weighted by Crippen LogP contribution is 2.29. The monoisotopic (exact) mass is 634 g/mol. The average molecular weight is 634 g/mol. The Morgan fingerprint density at radius 1 is 1.14 bits per heavy atom. The Hall–Kier alpha value is -4.02. The Bertz CT molecular complexity index is 1490. The summed E-state index contributed by atoms with van der Waals surface area (Å²) >= 11 is 2.00. The molecule has 37 heavy (non-hydrogen) atoms. The van der Waals surface area contributed by atoms with Gasteiger partial charge in [-0.25, -0.2) is 23.5 Å². The van der Waals surface area contributed by atoms with Gasteiger partial charge in [0.15, 0.2) is 11.6 Å². The average Bonchev–Trinajstić information content (AvgIpc) is 3.30.